The zero-order valence-electron chi connectivity index (χ0n) is 10.5. The van der Waals surface area contributed by atoms with Crippen molar-refractivity contribution < 1.29 is 9.53 Å². The summed E-state index contributed by atoms with van der Waals surface area (Å²) in [7, 11) is 1.54. The molecule has 0 aliphatic carbocycles. The maximum atomic E-state index is 11.5. The number of carbonyl (C=O) groups excluding carboxylic acids is 1. The lowest BCUT2D eigenvalue weighted by Gasteiger charge is -2.06. The first-order valence-electron chi connectivity index (χ1n) is 5.65. The summed E-state index contributed by atoms with van der Waals surface area (Å²) < 4.78 is 6.59. The summed E-state index contributed by atoms with van der Waals surface area (Å²) in [6.45, 7) is 3.95. The fourth-order valence-electron chi connectivity index (χ4n) is 1.41. The minimum atomic E-state index is -0.0633. The molecule has 0 saturated heterocycles. The van der Waals surface area contributed by atoms with Gasteiger partial charge in [0.1, 0.15) is 0 Å². The molecule has 7 nitrogen and oxygen atoms in total. The zero-order chi connectivity index (χ0) is 13.1. The second-order valence-corrected chi connectivity index (χ2v) is 4.13. The standard InChI is InChI=1S/C11H15N5O2/c1-7(2)11(17)12-6-9-14-13-8-4-5-10(18-3)15-16(8)9/h4-5,7H,6H2,1-3H3,(H,12,17). The van der Waals surface area contributed by atoms with Crippen molar-refractivity contribution in [2.45, 2.75) is 20.4 Å². The van der Waals surface area contributed by atoms with Crippen LogP contribution >= 0.6 is 0 Å². The third kappa shape index (κ3) is 2.39. The van der Waals surface area contributed by atoms with Gasteiger partial charge in [0.25, 0.3) is 0 Å². The first-order valence-corrected chi connectivity index (χ1v) is 5.65. The van der Waals surface area contributed by atoms with E-state index in [1.165, 1.54) is 0 Å². The number of nitrogens with one attached hydrogen (secondary N) is 1. The molecule has 0 bridgehead atoms. The third-order valence-electron chi connectivity index (χ3n) is 2.46. The van der Waals surface area contributed by atoms with Crippen molar-refractivity contribution in [3.8, 4) is 5.88 Å². The highest BCUT2D eigenvalue weighted by atomic mass is 16.5. The van der Waals surface area contributed by atoms with E-state index < -0.39 is 0 Å². The fraction of sp³-hybridized carbons (Fsp3) is 0.455. The van der Waals surface area contributed by atoms with Crippen LogP contribution in [-0.2, 0) is 11.3 Å². The molecule has 0 fully saturated rings. The average molecular weight is 249 g/mol. The molecule has 0 unspecified atom stereocenters. The SMILES string of the molecule is COc1ccc2nnc(CNC(=O)C(C)C)n2n1. The lowest BCUT2D eigenvalue weighted by Crippen LogP contribution is -2.28. The molecular formula is C11H15N5O2. The molecule has 7 heteroatoms. The van der Waals surface area contributed by atoms with Crippen LogP contribution in [0.4, 0.5) is 0 Å². The normalized spacial score (nSPS) is 10.9. The van der Waals surface area contributed by atoms with Gasteiger partial charge in [-0.1, -0.05) is 13.8 Å². The Kier molecular flexibility index (Phi) is 3.40. The first kappa shape index (κ1) is 12.3. The number of aromatic nitrogens is 4. The van der Waals surface area contributed by atoms with Crippen molar-refractivity contribution in [2.75, 3.05) is 7.11 Å². The van der Waals surface area contributed by atoms with Crippen LogP contribution < -0.4 is 10.1 Å². The summed E-state index contributed by atoms with van der Waals surface area (Å²) in [4.78, 5) is 11.5. The van der Waals surface area contributed by atoms with E-state index in [2.05, 4.69) is 20.6 Å². The number of hydrogen-bond acceptors (Lipinski definition) is 5. The van der Waals surface area contributed by atoms with Crippen LogP contribution in [0.2, 0.25) is 0 Å². The lowest BCUT2D eigenvalue weighted by atomic mass is 10.2. The van der Waals surface area contributed by atoms with Gasteiger partial charge in [0.2, 0.25) is 11.8 Å². The van der Waals surface area contributed by atoms with Crippen LogP contribution in [0.25, 0.3) is 5.65 Å². The van der Waals surface area contributed by atoms with E-state index in [1.807, 2.05) is 13.8 Å². The minimum Gasteiger partial charge on any atom is -0.480 e. The molecule has 96 valence electrons. The molecule has 0 aliphatic heterocycles. The van der Waals surface area contributed by atoms with Crippen molar-refractivity contribution in [3.63, 3.8) is 0 Å². The second-order valence-electron chi connectivity index (χ2n) is 4.13. The monoisotopic (exact) mass is 249 g/mol. The van der Waals surface area contributed by atoms with Gasteiger partial charge in [0.15, 0.2) is 11.5 Å². The Balaban J connectivity index is 2.20. The van der Waals surface area contributed by atoms with E-state index in [0.29, 0.717) is 23.9 Å². The van der Waals surface area contributed by atoms with Gasteiger partial charge in [-0.05, 0) is 6.07 Å². The summed E-state index contributed by atoms with van der Waals surface area (Å²) in [5, 5.41) is 14.9. The predicted octanol–water partition coefficient (Wildman–Crippen LogP) is 0.405. The molecule has 0 aromatic carbocycles. The molecule has 0 spiro atoms. The minimum absolute atomic E-state index is 0.0327. The van der Waals surface area contributed by atoms with Gasteiger partial charge >= 0.3 is 0 Å². The zero-order valence-corrected chi connectivity index (χ0v) is 10.5. The maximum absolute atomic E-state index is 11.5. The van der Waals surface area contributed by atoms with Gasteiger partial charge in [0, 0.05) is 12.0 Å². The molecule has 2 aromatic rings. The summed E-state index contributed by atoms with van der Waals surface area (Å²) in [5.74, 6) is 0.943. The first-order chi connectivity index (χ1) is 8.61. The van der Waals surface area contributed by atoms with Crippen LogP contribution in [0.5, 0.6) is 5.88 Å². The van der Waals surface area contributed by atoms with Crippen LogP contribution in [0, 0.1) is 5.92 Å². The van der Waals surface area contributed by atoms with Crippen molar-refractivity contribution in [1.82, 2.24) is 25.1 Å². The van der Waals surface area contributed by atoms with Crippen LogP contribution in [0.15, 0.2) is 12.1 Å². The summed E-state index contributed by atoms with van der Waals surface area (Å²) in [6, 6.07) is 3.47. The molecule has 2 rings (SSSR count). The Morgan fingerprint density at radius 1 is 1.44 bits per heavy atom. The van der Waals surface area contributed by atoms with Gasteiger partial charge in [-0.2, -0.15) is 4.52 Å². The smallest absolute Gasteiger partial charge is 0.231 e. The number of ether oxygens (including phenoxy) is 1. The van der Waals surface area contributed by atoms with Gasteiger partial charge in [0.05, 0.1) is 13.7 Å². The van der Waals surface area contributed by atoms with Crippen LogP contribution in [-0.4, -0.2) is 32.8 Å². The molecule has 1 N–H and O–H groups in total. The van der Waals surface area contributed by atoms with E-state index in [4.69, 9.17) is 4.74 Å². The van der Waals surface area contributed by atoms with Crippen molar-refractivity contribution in [3.05, 3.63) is 18.0 Å². The number of methoxy groups -OCH3 is 1. The maximum Gasteiger partial charge on any atom is 0.231 e. The summed E-state index contributed by atoms with van der Waals surface area (Å²) in [6.07, 6.45) is 0. The van der Waals surface area contributed by atoms with Gasteiger partial charge in [-0.3, -0.25) is 4.79 Å². The Bertz CT molecular complexity index is 564. The van der Waals surface area contributed by atoms with Crippen molar-refractivity contribution >= 4 is 11.6 Å². The highest BCUT2D eigenvalue weighted by Gasteiger charge is 2.11. The highest BCUT2D eigenvalue weighted by molar-refractivity contribution is 5.77. The van der Waals surface area contributed by atoms with E-state index in [0.717, 1.165) is 0 Å². The number of fused-ring (bicyclic) bond motifs is 1. The molecule has 0 aliphatic rings. The van der Waals surface area contributed by atoms with Crippen molar-refractivity contribution in [2.24, 2.45) is 5.92 Å². The highest BCUT2D eigenvalue weighted by Crippen LogP contribution is 2.08. The Hall–Kier alpha value is -2.18. The average Bonchev–Trinajstić information content (AvgIpc) is 2.77. The molecule has 0 atom stereocenters. The molecule has 1 amide bonds. The van der Waals surface area contributed by atoms with Crippen molar-refractivity contribution in [1.29, 1.82) is 0 Å². The van der Waals surface area contributed by atoms with E-state index in [9.17, 15) is 4.79 Å². The Labute approximate surface area is 104 Å². The van der Waals surface area contributed by atoms with Gasteiger partial charge < -0.3 is 10.1 Å². The number of nitrogens with zero attached hydrogens (tertiary/aromatic N) is 4. The quantitative estimate of drug-likeness (QED) is 0.848. The molecule has 2 aromatic heterocycles. The molecule has 2 heterocycles. The van der Waals surface area contributed by atoms with E-state index >= 15 is 0 Å². The Morgan fingerprint density at radius 2 is 2.22 bits per heavy atom. The third-order valence-corrected chi connectivity index (χ3v) is 2.46. The van der Waals surface area contributed by atoms with E-state index in [-0.39, 0.29) is 11.8 Å². The summed E-state index contributed by atoms with van der Waals surface area (Å²) in [5.41, 5.74) is 0.615. The topological polar surface area (TPSA) is 81.4 Å². The second kappa shape index (κ2) is 4.99. The lowest BCUT2D eigenvalue weighted by molar-refractivity contribution is -0.124. The number of hydrogen-bond donors (Lipinski definition) is 1. The van der Waals surface area contributed by atoms with E-state index in [1.54, 1.807) is 23.8 Å². The molecule has 0 saturated carbocycles. The molecule has 0 radical (unpaired) electrons. The van der Waals surface area contributed by atoms with Gasteiger partial charge in [-0.25, -0.2) is 0 Å². The molecular weight excluding hydrogens is 234 g/mol. The fourth-order valence-corrected chi connectivity index (χ4v) is 1.41. The van der Waals surface area contributed by atoms with Crippen LogP contribution in [0.1, 0.15) is 19.7 Å². The number of rotatable bonds is 4. The van der Waals surface area contributed by atoms with Crippen LogP contribution in [0.3, 0.4) is 0 Å². The Morgan fingerprint density at radius 3 is 2.89 bits per heavy atom. The van der Waals surface area contributed by atoms with Gasteiger partial charge in [-0.15, -0.1) is 15.3 Å². The summed E-state index contributed by atoms with van der Waals surface area (Å²) >= 11 is 0. The number of amides is 1. The number of carbonyl (C=O) groups is 1. The predicted molar refractivity (Wildman–Crippen MR) is 64.0 cm³/mol. The molecule has 18 heavy (non-hydrogen) atoms. The largest absolute Gasteiger partial charge is 0.480 e.